The van der Waals surface area contributed by atoms with E-state index in [1.807, 2.05) is 42.5 Å². The number of nitrogens with zero attached hydrogens (tertiary/aromatic N) is 1. The van der Waals surface area contributed by atoms with Crippen LogP contribution in [-0.4, -0.2) is 60.6 Å². The number of hydrogen-bond acceptors (Lipinski definition) is 7. The molecule has 3 aromatic carbocycles. The Hall–Kier alpha value is -3.64. The van der Waals surface area contributed by atoms with Crippen LogP contribution in [-0.2, 0) is 14.8 Å². The van der Waals surface area contributed by atoms with E-state index in [-0.39, 0.29) is 21.7 Å². The SMILES string of the molecule is O=C(O)COc1c(C(=O)O)sc(-c2cccc(NC3CCN(S(=O)(=O)c4cccc5ccccc45)CC3)c2)c1Cl. The van der Waals surface area contributed by atoms with Crippen molar-refractivity contribution in [2.45, 2.75) is 23.8 Å². The summed E-state index contributed by atoms with van der Waals surface area (Å²) in [6.07, 6.45) is 1.20. The van der Waals surface area contributed by atoms with E-state index >= 15 is 0 Å². The molecule has 1 aliphatic rings. The predicted molar refractivity (Wildman–Crippen MR) is 154 cm³/mol. The van der Waals surface area contributed by atoms with Crippen LogP contribution in [0.1, 0.15) is 22.5 Å². The first kappa shape index (κ1) is 27.9. The molecule has 1 aliphatic heterocycles. The predicted octanol–water partition coefficient (Wildman–Crippen LogP) is 5.65. The van der Waals surface area contributed by atoms with Crippen LogP contribution >= 0.6 is 22.9 Å². The Balaban J connectivity index is 1.30. The summed E-state index contributed by atoms with van der Waals surface area (Å²) in [4.78, 5) is 23.2. The lowest BCUT2D eigenvalue weighted by Crippen LogP contribution is -2.42. The van der Waals surface area contributed by atoms with Gasteiger partial charge in [-0.15, -0.1) is 11.3 Å². The third-order valence-electron chi connectivity index (χ3n) is 6.66. The summed E-state index contributed by atoms with van der Waals surface area (Å²) >= 11 is 7.33. The van der Waals surface area contributed by atoms with Crippen LogP contribution in [0.5, 0.6) is 5.75 Å². The average Bonchev–Trinajstić information content (AvgIpc) is 3.28. The van der Waals surface area contributed by atoms with Crippen molar-refractivity contribution in [3.63, 3.8) is 0 Å². The number of aliphatic carboxylic acids is 1. The summed E-state index contributed by atoms with van der Waals surface area (Å²) in [7, 11) is -3.66. The molecule has 0 unspecified atom stereocenters. The number of carbonyl (C=O) groups is 2. The van der Waals surface area contributed by atoms with Crippen molar-refractivity contribution in [3.8, 4) is 16.2 Å². The van der Waals surface area contributed by atoms with Crippen LogP contribution in [0, 0.1) is 0 Å². The van der Waals surface area contributed by atoms with Gasteiger partial charge in [0.2, 0.25) is 10.0 Å². The largest absolute Gasteiger partial charge is 0.479 e. The highest BCUT2D eigenvalue weighted by molar-refractivity contribution is 7.89. The first-order valence-electron chi connectivity index (χ1n) is 12.4. The molecular formula is C28H25ClN2O7S2. The second-order valence-corrected chi connectivity index (χ2v) is 12.6. The van der Waals surface area contributed by atoms with Gasteiger partial charge in [0.15, 0.2) is 17.2 Å². The lowest BCUT2D eigenvalue weighted by atomic mass is 10.1. The van der Waals surface area contributed by atoms with Gasteiger partial charge in [-0.2, -0.15) is 4.31 Å². The first-order chi connectivity index (χ1) is 19.1. The molecule has 1 fully saturated rings. The van der Waals surface area contributed by atoms with E-state index in [9.17, 15) is 23.1 Å². The molecule has 1 aromatic heterocycles. The minimum absolute atomic E-state index is 0.0251. The van der Waals surface area contributed by atoms with Gasteiger partial charge < -0.3 is 20.3 Å². The topological polar surface area (TPSA) is 133 Å². The summed E-state index contributed by atoms with van der Waals surface area (Å²) in [5, 5.41) is 23.5. The lowest BCUT2D eigenvalue weighted by Gasteiger charge is -2.32. The van der Waals surface area contributed by atoms with E-state index in [2.05, 4.69) is 5.32 Å². The van der Waals surface area contributed by atoms with Crippen molar-refractivity contribution in [3.05, 3.63) is 76.6 Å². The highest BCUT2D eigenvalue weighted by atomic mass is 35.5. The number of piperidine rings is 1. The molecule has 3 N–H and O–H groups in total. The van der Waals surface area contributed by atoms with Crippen molar-refractivity contribution in [1.82, 2.24) is 4.31 Å². The van der Waals surface area contributed by atoms with Gasteiger partial charge in [0, 0.05) is 30.2 Å². The fourth-order valence-electron chi connectivity index (χ4n) is 4.77. The van der Waals surface area contributed by atoms with E-state index in [0.29, 0.717) is 46.7 Å². The van der Waals surface area contributed by atoms with E-state index in [0.717, 1.165) is 22.4 Å². The Labute approximate surface area is 239 Å². The monoisotopic (exact) mass is 600 g/mol. The standard InChI is InChI=1S/C28H25ClN2O7S2/c29-24-25(38-16-23(32)33)27(28(34)35)39-26(24)18-7-3-8-20(15-18)30-19-11-13-31(14-12-19)40(36,37)22-10-4-6-17-5-1-2-9-21(17)22/h1-10,15,19,30H,11-14,16H2,(H,32,33)(H,34,35). The Kier molecular flexibility index (Phi) is 7.99. The maximum Gasteiger partial charge on any atom is 0.349 e. The number of carboxylic acids is 2. The number of nitrogens with one attached hydrogen (secondary N) is 1. The number of ether oxygens (including phenoxy) is 1. The van der Waals surface area contributed by atoms with Crippen LogP contribution < -0.4 is 10.1 Å². The number of rotatable bonds is 9. The molecule has 0 atom stereocenters. The van der Waals surface area contributed by atoms with Crippen LogP contribution in [0.4, 0.5) is 5.69 Å². The van der Waals surface area contributed by atoms with Crippen molar-refractivity contribution < 1.29 is 33.0 Å². The number of carboxylic acid groups (broad SMARTS) is 2. The molecule has 0 aliphatic carbocycles. The quantitative estimate of drug-likeness (QED) is 0.224. The Morgan fingerprint density at radius 2 is 1.73 bits per heavy atom. The highest BCUT2D eigenvalue weighted by Crippen LogP contribution is 2.46. The molecule has 9 nitrogen and oxygen atoms in total. The number of thiophene rings is 1. The third kappa shape index (κ3) is 5.64. The van der Waals surface area contributed by atoms with Crippen molar-refractivity contribution in [2.75, 3.05) is 25.0 Å². The molecule has 0 saturated carbocycles. The van der Waals surface area contributed by atoms with Gasteiger partial charge in [-0.1, -0.05) is 60.1 Å². The van der Waals surface area contributed by atoms with Gasteiger partial charge in [0.1, 0.15) is 5.02 Å². The molecule has 40 heavy (non-hydrogen) atoms. The molecule has 1 saturated heterocycles. The smallest absolute Gasteiger partial charge is 0.349 e. The number of fused-ring (bicyclic) bond motifs is 1. The number of anilines is 1. The molecule has 0 amide bonds. The van der Waals surface area contributed by atoms with Gasteiger partial charge in [0.05, 0.1) is 9.77 Å². The summed E-state index contributed by atoms with van der Waals surface area (Å²) in [6, 6.07) is 20.0. The molecule has 0 bridgehead atoms. The van der Waals surface area contributed by atoms with Gasteiger partial charge in [-0.3, -0.25) is 0 Å². The van der Waals surface area contributed by atoms with Crippen LogP contribution in [0.15, 0.2) is 71.6 Å². The summed E-state index contributed by atoms with van der Waals surface area (Å²) in [6.45, 7) is 0.0184. The van der Waals surface area contributed by atoms with Crippen LogP contribution in [0.25, 0.3) is 21.2 Å². The molecule has 0 spiro atoms. The second kappa shape index (κ2) is 11.5. The zero-order valence-corrected chi connectivity index (χ0v) is 23.4. The van der Waals surface area contributed by atoms with Gasteiger partial charge >= 0.3 is 11.9 Å². The first-order valence-corrected chi connectivity index (χ1v) is 15.0. The van der Waals surface area contributed by atoms with Crippen LogP contribution in [0.3, 0.4) is 0 Å². The average molecular weight is 601 g/mol. The number of sulfonamides is 1. The zero-order chi connectivity index (χ0) is 28.4. The van der Waals surface area contributed by atoms with Crippen molar-refractivity contribution in [1.29, 1.82) is 0 Å². The fourth-order valence-corrected chi connectivity index (χ4v) is 7.86. The van der Waals surface area contributed by atoms with E-state index < -0.39 is 28.6 Å². The maximum absolute atomic E-state index is 13.5. The minimum Gasteiger partial charge on any atom is -0.479 e. The minimum atomic E-state index is -3.66. The van der Waals surface area contributed by atoms with Crippen molar-refractivity contribution in [2.24, 2.45) is 0 Å². The molecule has 5 rings (SSSR count). The maximum atomic E-state index is 13.5. The van der Waals surface area contributed by atoms with Crippen molar-refractivity contribution >= 4 is 61.4 Å². The molecule has 12 heteroatoms. The Morgan fingerprint density at radius 1 is 1.02 bits per heavy atom. The molecule has 2 heterocycles. The van der Waals surface area contributed by atoms with E-state index in [4.69, 9.17) is 21.4 Å². The molecular weight excluding hydrogens is 576 g/mol. The van der Waals surface area contributed by atoms with E-state index in [1.165, 1.54) is 4.31 Å². The number of aromatic carboxylic acids is 1. The normalized spacial score (nSPS) is 14.7. The fraction of sp³-hybridized carbons (Fsp3) is 0.214. The Morgan fingerprint density at radius 3 is 2.45 bits per heavy atom. The van der Waals surface area contributed by atoms with Gasteiger partial charge in [0.25, 0.3) is 0 Å². The number of hydrogen-bond donors (Lipinski definition) is 3. The summed E-state index contributed by atoms with van der Waals surface area (Å²) in [5.41, 5.74) is 1.41. The summed E-state index contributed by atoms with van der Waals surface area (Å²) in [5.74, 6) is -2.69. The molecule has 0 radical (unpaired) electrons. The molecule has 4 aromatic rings. The zero-order valence-electron chi connectivity index (χ0n) is 21.0. The number of halogens is 1. The Bertz CT molecular complexity index is 1690. The second-order valence-electron chi connectivity index (χ2n) is 9.27. The third-order valence-corrected chi connectivity index (χ3v) is 10.3. The lowest BCUT2D eigenvalue weighted by molar-refractivity contribution is -0.139. The van der Waals surface area contributed by atoms with Gasteiger partial charge in [-0.05, 0) is 42.0 Å². The number of benzene rings is 3. The van der Waals surface area contributed by atoms with Crippen LogP contribution in [0.2, 0.25) is 5.02 Å². The molecule has 208 valence electrons. The van der Waals surface area contributed by atoms with E-state index in [1.54, 1.807) is 24.3 Å². The van der Waals surface area contributed by atoms with Gasteiger partial charge in [-0.25, -0.2) is 18.0 Å². The highest BCUT2D eigenvalue weighted by Gasteiger charge is 2.31. The summed E-state index contributed by atoms with van der Waals surface area (Å²) < 4.78 is 33.6.